The molecule has 18 heavy (non-hydrogen) atoms. The van der Waals surface area contributed by atoms with Gasteiger partial charge in [-0.3, -0.25) is 10.1 Å². The molecule has 0 fully saturated rings. The van der Waals surface area contributed by atoms with Gasteiger partial charge in [0.15, 0.2) is 0 Å². The number of nitriles is 1. The Labute approximate surface area is 106 Å². The first-order valence-corrected chi connectivity index (χ1v) is 5.53. The van der Waals surface area contributed by atoms with Crippen molar-refractivity contribution in [1.29, 1.82) is 5.26 Å². The Morgan fingerprint density at radius 3 is 2.83 bits per heavy atom. The van der Waals surface area contributed by atoms with Crippen LogP contribution in [0.5, 0.6) is 0 Å². The molecule has 0 aromatic heterocycles. The number of anilines is 1. The number of rotatable bonds is 5. The Hall–Kier alpha value is -2.53. The van der Waals surface area contributed by atoms with Crippen molar-refractivity contribution >= 4 is 11.4 Å². The Kier molecular flexibility index (Phi) is 4.71. The lowest BCUT2D eigenvalue weighted by Gasteiger charge is -2.14. The van der Waals surface area contributed by atoms with Gasteiger partial charge in [0.2, 0.25) is 0 Å². The maximum absolute atomic E-state index is 10.6. The first kappa shape index (κ1) is 13.5. The van der Waals surface area contributed by atoms with Crippen LogP contribution < -0.4 is 5.32 Å². The summed E-state index contributed by atoms with van der Waals surface area (Å²) in [4.78, 5) is 10.1. The van der Waals surface area contributed by atoms with E-state index in [0.29, 0.717) is 5.69 Å². The van der Waals surface area contributed by atoms with E-state index in [1.54, 1.807) is 0 Å². The van der Waals surface area contributed by atoms with Gasteiger partial charge in [0.25, 0.3) is 5.69 Å². The van der Waals surface area contributed by atoms with Crippen molar-refractivity contribution in [2.24, 2.45) is 0 Å². The van der Waals surface area contributed by atoms with Crippen LogP contribution in [0.15, 0.2) is 18.2 Å². The predicted octanol–water partition coefficient (Wildman–Crippen LogP) is 2.68. The van der Waals surface area contributed by atoms with Gasteiger partial charge >= 0.3 is 0 Å². The smallest absolute Gasteiger partial charge is 0.270 e. The van der Waals surface area contributed by atoms with Crippen molar-refractivity contribution in [2.75, 3.05) is 5.32 Å². The summed E-state index contributed by atoms with van der Waals surface area (Å²) in [6.45, 7) is 2.01. The van der Waals surface area contributed by atoms with Gasteiger partial charge in [-0.05, 0) is 12.5 Å². The van der Waals surface area contributed by atoms with Crippen LogP contribution in [-0.2, 0) is 0 Å². The Morgan fingerprint density at radius 1 is 1.61 bits per heavy atom. The third-order valence-corrected chi connectivity index (χ3v) is 2.44. The first-order chi connectivity index (χ1) is 8.62. The average molecular weight is 243 g/mol. The molecule has 5 heteroatoms. The van der Waals surface area contributed by atoms with Gasteiger partial charge in [-0.1, -0.05) is 19.3 Å². The SMILES string of the molecule is C#CC(CCC)Nc1ccc([N+](=O)[O-])cc1C#N. The van der Waals surface area contributed by atoms with Crippen LogP contribution in [0.2, 0.25) is 0 Å². The minimum Gasteiger partial charge on any atom is -0.370 e. The van der Waals surface area contributed by atoms with E-state index in [1.807, 2.05) is 13.0 Å². The fourth-order valence-corrected chi connectivity index (χ4v) is 1.54. The van der Waals surface area contributed by atoms with Crippen LogP contribution >= 0.6 is 0 Å². The van der Waals surface area contributed by atoms with Crippen LogP contribution in [0.25, 0.3) is 0 Å². The molecule has 1 aromatic rings. The highest BCUT2D eigenvalue weighted by molar-refractivity contribution is 5.62. The maximum Gasteiger partial charge on any atom is 0.270 e. The fourth-order valence-electron chi connectivity index (χ4n) is 1.54. The molecule has 0 radical (unpaired) electrons. The number of terminal acetylenes is 1. The van der Waals surface area contributed by atoms with Crippen LogP contribution in [0.3, 0.4) is 0 Å². The second-order valence-corrected chi connectivity index (χ2v) is 3.75. The molecule has 0 aliphatic carbocycles. The normalized spacial score (nSPS) is 11.1. The third-order valence-electron chi connectivity index (χ3n) is 2.44. The Balaban J connectivity index is 3.00. The third kappa shape index (κ3) is 3.23. The highest BCUT2D eigenvalue weighted by atomic mass is 16.6. The van der Waals surface area contributed by atoms with Gasteiger partial charge in [-0.15, -0.1) is 6.42 Å². The van der Waals surface area contributed by atoms with E-state index in [1.165, 1.54) is 18.2 Å². The van der Waals surface area contributed by atoms with Gasteiger partial charge in [0.1, 0.15) is 6.07 Å². The number of non-ortho nitro benzene ring substituents is 1. The first-order valence-electron chi connectivity index (χ1n) is 5.53. The van der Waals surface area contributed by atoms with Gasteiger partial charge < -0.3 is 5.32 Å². The van der Waals surface area contributed by atoms with Crippen molar-refractivity contribution in [2.45, 2.75) is 25.8 Å². The number of nitro benzene ring substituents is 1. The van der Waals surface area contributed by atoms with E-state index < -0.39 is 4.92 Å². The molecule has 0 amide bonds. The second-order valence-electron chi connectivity index (χ2n) is 3.75. The molecule has 0 bridgehead atoms. The van der Waals surface area contributed by atoms with Crippen molar-refractivity contribution in [3.8, 4) is 18.4 Å². The lowest BCUT2D eigenvalue weighted by molar-refractivity contribution is -0.384. The number of nitro groups is 1. The lowest BCUT2D eigenvalue weighted by atomic mass is 10.1. The largest absolute Gasteiger partial charge is 0.370 e. The maximum atomic E-state index is 10.6. The number of hydrogen-bond donors (Lipinski definition) is 1. The molecule has 0 saturated heterocycles. The summed E-state index contributed by atoms with van der Waals surface area (Å²) >= 11 is 0. The molecule has 1 rings (SSSR count). The molecule has 1 atom stereocenters. The number of nitrogens with zero attached hydrogens (tertiary/aromatic N) is 2. The molecule has 1 N–H and O–H groups in total. The number of nitrogens with one attached hydrogen (secondary N) is 1. The van der Waals surface area contributed by atoms with Gasteiger partial charge in [-0.25, -0.2) is 0 Å². The van der Waals surface area contributed by atoms with E-state index in [0.717, 1.165) is 12.8 Å². The fraction of sp³-hybridized carbons (Fsp3) is 0.308. The molecule has 0 saturated carbocycles. The summed E-state index contributed by atoms with van der Waals surface area (Å²) in [6, 6.07) is 5.85. The molecule has 5 nitrogen and oxygen atoms in total. The van der Waals surface area contributed by atoms with Crippen LogP contribution in [-0.4, -0.2) is 11.0 Å². The average Bonchev–Trinajstić information content (AvgIpc) is 2.38. The molecule has 0 heterocycles. The summed E-state index contributed by atoms with van der Waals surface area (Å²) in [7, 11) is 0. The van der Waals surface area contributed by atoms with Gasteiger partial charge in [-0.2, -0.15) is 5.26 Å². The zero-order valence-electron chi connectivity index (χ0n) is 10.0. The van der Waals surface area contributed by atoms with Crippen LogP contribution in [0, 0.1) is 33.8 Å². The summed E-state index contributed by atoms with van der Waals surface area (Å²) in [5, 5.41) is 22.6. The van der Waals surface area contributed by atoms with E-state index in [-0.39, 0.29) is 17.3 Å². The molecular formula is C13H13N3O2. The number of benzene rings is 1. The van der Waals surface area contributed by atoms with E-state index in [2.05, 4.69) is 11.2 Å². The zero-order chi connectivity index (χ0) is 13.5. The molecule has 92 valence electrons. The highest BCUT2D eigenvalue weighted by Crippen LogP contribution is 2.22. The van der Waals surface area contributed by atoms with Crippen molar-refractivity contribution in [3.05, 3.63) is 33.9 Å². The monoisotopic (exact) mass is 243 g/mol. The standard InChI is InChI=1S/C13H13N3O2/c1-3-5-11(4-2)15-13-7-6-12(16(17)18)8-10(13)9-14/h2,6-8,11,15H,3,5H2,1H3. The topological polar surface area (TPSA) is 79.0 Å². The molecule has 1 aromatic carbocycles. The minimum atomic E-state index is -0.532. The predicted molar refractivity (Wildman–Crippen MR) is 69.0 cm³/mol. The van der Waals surface area contributed by atoms with Crippen LogP contribution in [0.4, 0.5) is 11.4 Å². The summed E-state index contributed by atoms with van der Waals surface area (Å²) in [6.07, 6.45) is 7.06. The van der Waals surface area contributed by atoms with Gasteiger partial charge in [0.05, 0.1) is 22.2 Å². The van der Waals surface area contributed by atoms with Crippen LogP contribution in [0.1, 0.15) is 25.3 Å². The minimum absolute atomic E-state index is 0.107. The summed E-state index contributed by atoms with van der Waals surface area (Å²) in [5.74, 6) is 2.59. The van der Waals surface area contributed by atoms with E-state index >= 15 is 0 Å². The second kappa shape index (κ2) is 6.27. The molecule has 0 aliphatic heterocycles. The van der Waals surface area contributed by atoms with Crippen molar-refractivity contribution in [3.63, 3.8) is 0 Å². The van der Waals surface area contributed by atoms with Crippen molar-refractivity contribution in [1.82, 2.24) is 0 Å². The zero-order valence-corrected chi connectivity index (χ0v) is 10.0. The molecule has 0 spiro atoms. The molecule has 1 unspecified atom stereocenters. The lowest BCUT2D eigenvalue weighted by Crippen LogP contribution is -2.17. The molecule has 0 aliphatic rings. The summed E-state index contributed by atoms with van der Waals surface area (Å²) in [5.41, 5.74) is 0.643. The quantitative estimate of drug-likeness (QED) is 0.490. The molecular weight excluding hydrogens is 230 g/mol. The highest BCUT2D eigenvalue weighted by Gasteiger charge is 2.12. The summed E-state index contributed by atoms with van der Waals surface area (Å²) < 4.78 is 0. The van der Waals surface area contributed by atoms with Crippen molar-refractivity contribution < 1.29 is 4.92 Å². The number of hydrogen-bond acceptors (Lipinski definition) is 4. The van der Waals surface area contributed by atoms with Gasteiger partial charge in [0, 0.05) is 12.1 Å². The Bertz CT molecular complexity index is 526. The Morgan fingerprint density at radius 2 is 2.33 bits per heavy atom. The van der Waals surface area contributed by atoms with E-state index in [9.17, 15) is 10.1 Å². The van der Waals surface area contributed by atoms with E-state index in [4.69, 9.17) is 11.7 Å².